The zero-order valence-electron chi connectivity index (χ0n) is 17.3. The molecule has 1 fully saturated rings. The molecule has 0 spiro atoms. The molecule has 0 bridgehead atoms. The number of amides is 1. The summed E-state index contributed by atoms with van der Waals surface area (Å²) in [6.07, 6.45) is 1.74. The van der Waals surface area contributed by atoms with Crippen molar-refractivity contribution >= 4 is 51.9 Å². The summed E-state index contributed by atoms with van der Waals surface area (Å²) in [5, 5.41) is 0.376. The van der Waals surface area contributed by atoms with Gasteiger partial charge in [0.2, 0.25) is 0 Å². The summed E-state index contributed by atoms with van der Waals surface area (Å²) in [6.45, 7) is 2.86. The predicted octanol–water partition coefficient (Wildman–Crippen LogP) is 5.04. The van der Waals surface area contributed by atoms with Gasteiger partial charge < -0.3 is 18.9 Å². The van der Waals surface area contributed by atoms with Gasteiger partial charge in [0, 0.05) is 7.05 Å². The molecule has 1 amide bonds. The Balaban J connectivity index is 1.72. The van der Waals surface area contributed by atoms with Crippen LogP contribution < -0.4 is 18.9 Å². The summed E-state index contributed by atoms with van der Waals surface area (Å²) in [5.41, 5.74) is 0.722. The van der Waals surface area contributed by atoms with Gasteiger partial charge in [-0.05, 0) is 42.8 Å². The van der Waals surface area contributed by atoms with E-state index < -0.39 is 0 Å². The first-order chi connectivity index (χ1) is 14.9. The van der Waals surface area contributed by atoms with Crippen LogP contribution in [0.3, 0.4) is 0 Å². The van der Waals surface area contributed by atoms with E-state index in [0.717, 1.165) is 5.56 Å². The summed E-state index contributed by atoms with van der Waals surface area (Å²) < 4.78 is 23.1. The molecule has 164 valence electrons. The molecule has 0 N–H and O–H groups in total. The number of carbonyl (C=O) groups excluding carboxylic acids is 1. The number of benzene rings is 2. The number of ether oxygens (including phenoxy) is 4. The third-order valence-corrected chi connectivity index (χ3v) is 6.04. The second-order valence-corrected chi connectivity index (χ2v) is 8.43. The number of nitrogens with zero attached hydrogens (tertiary/aromatic N) is 1. The Morgan fingerprint density at radius 1 is 1.10 bits per heavy atom. The molecule has 2 aromatic carbocycles. The molecule has 1 heterocycles. The molecule has 2 aromatic rings. The molecule has 6 nitrogen and oxygen atoms in total. The lowest BCUT2D eigenvalue weighted by molar-refractivity contribution is -0.121. The SMILES string of the molecule is CCOc1cc(/C=C2\SC(=S)N(C)C2=O)cc(Cl)c1OCCOc1ccccc1OC. The molecule has 0 aromatic heterocycles. The van der Waals surface area contributed by atoms with Gasteiger partial charge in [-0.3, -0.25) is 9.69 Å². The van der Waals surface area contributed by atoms with Gasteiger partial charge in [0.05, 0.1) is 23.6 Å². The number of thiocarbonyl (C=S) groups is 1. The normalized spacial score (nSPS) is 14.8. The van der Waals surface area contributed by atoms with Gasteiger partial charge in [-0.1, -0.05) is 47.7 Å². The molecule has 0 radical (unpaired) electrons. The number of likely N-dealkylation sites (N-methyl/N-ethyl adjacent to an activating group) is 1. The third-order valence-electron chi connectivity index (χ3n) is 4.27. The zero-order chi connectivity index (χ0) is 22.4. The largest absolute Gasteiger partial charge is 0.493 e. The molecule has 1 aliphatic heterocycles. The van der Waals surface area contributed by atoms with Crippen LogP contribution in [0.5, 0.6) is 23.0 Å². The molecular weight excluding hydrogens is 458 g/mol. The van der Waals surface area contributed by atoms with E-state index in [1.54, 1.807) is 32.4 Å². The Morgan fingerprint density at radius 3 is 2.45 bits per heavy atom. The fourth-order valence-electron chi connectivity index (χ4n) is 2.80. The molecule has 1 saturated heterocycles. The summed E-state index contributed by atoms with van der Waals surface area (Å²) in [4.78, 5) is 14.2. The highest BCUT2D eigenvalue weighted by atomic mass is 35.5. The molecule has 0 unspecified atom stereocenters. The van der Waals surface area contributed by atoms with Crippen molar-refractivity contribution in [3.05, 3.63) is 51.9 Å². The Hall–Kier alpha value is -2.42. The maximum atomic E-state index is 12.3. The average molecular weight is 480 g/mol. The first kappa shape index (κ1) is 23.2. The van der Waals surface area contributed by atoms with Gasteiger partial charge in [-0.25, -0.2) is 0 Å². The van der Waals surface area contributed by atoms with Crippen LogP contribution in [0.25, 0.3) is 6.08 Å². The third kappa shape index (κ3) is 5.64. The number of methoxy groups -OCH3 is 1. The van der Waals surface area contributed by atoms with E-state index in [1.165, 1.54) is 16.7 Å². The van der Waals surface area contributed by atoms with Gasteiger partial charge >= 0.3 is 0 Å². The van der Waals surface area contributed by atoms with E-state index in [-0.39, 0.29) is 12.5 Å². The van der Waals surface area contributed by atoms with Crippen LogP contribution in [-0.4, -0.2) is 49.1 Å². The zero-order valence-corrected chi connectivity index (χ0v) is 19.7. The van der Waals surface area contributed by atoms with Gasteiger partial charge in [-0.15, -0.1) is 0 Å². The maximum absolute atomic E-state index is 12.3. The molecule has 9 heteroatoms. The van der Waals surface area contributed by atoms with Crippen molar-refractivity contribution in [3.63, 3.8) is 0 Å². The van der Waals surface area contributed by atoms with Crippen molar-refractivity contribution in [2.45, 2.75) is 6.92 Å². The minimum absolute atomic E-state index is 0.141. The topological polar surface area (TPSA) is 57.2 Å². The Bertz CT molecular complexity index is 1010. The number of carbonyl (C=O) groups is 1. The van der Waals surface area contributed by atoms with Crippen LogP contribution in [0, 0.1) is 0 Å². The molecule has 0 atom stereocenters. The minimum atomic E-state index is -0.141. The highest BCUT2D eigenvalue weighted by molar-refractivity contribution is 8.26. The highest BCUT2D eigenvalue weighted by Crippen LogP contribution is 2.39. The van der Waals surface area contributed by atoms with Gasteiger partial charge in [-0.2, -0.15) is 0 Å². The van der Waals surface area contributed by atoms with Gasteiger partial charge in [0.25, 0.3) is 5.91 Å². The number of para-hydroxylation sites is 2. The van der Waals surface area contributed by atoms with Crippen molar-refractivity contribution in [2.75, 3.05) is 34.0 Å². The number of halogens is 1. The number of hydrogen-bond donors (Lipinski definition) is 0. The lowest BCUT2D eigenvalue weighted by Gasteiger charge is -2.15. The summed E-state index contributed by atoms with van der Waals surface area (Å²) in [5.74, 6) is 2.06. The lowest BCUT2D eigenvalue weighted by atomic mass is 10.1. The van der Waals surface area contributed by atoms with Crippen LogP contribution in [0.4, 0.5) is 0 Å². The molecule has 0 saturated carbocycles. The van der Waals surface area contributed by atoms with Crippen LogP contribution in [0.1, 0.15) is 12.5 Å². The fraction of sp³-hybridized carbons (Fsp3) is 0.273. The van der Waals surface area contributed by atoms with Gasteiger partial charge in [0.15, 0.2) is 23.0 Å². The monoisotopic (exact) mass is 479 g/mol. The number of rotatable bonds is 9. The van der Waals surface area contributed by atoms with Crippen LogP contribution >= 0.6 is 35.6 Å². The van der Waals surface area contributed by atoms with E-state index in [4.69, 9.17) is 42.8 Å². The first-order valence-corrected chi connectivity index (χ1v) is 11.1. The summed E-state index contributed by atoms with van der Waals surface area (Å²) in [6, 6.07) is 10.9. The standard InChI is InChI=1S/C22H22ClNO5S2/c1-4-27-18-12-14(13-19-21(25)24(2)22(30)31-19)11-15(23)20(18)29-10-9-28-17-8-6-5-7-16(17)26-3/h5-8,11-13H,4,9-10H2,1-3H3/b19-13-. The van der Waals surface area contributed by atoms with E-state index in [0.29, 0.717) is 50.5 Å². The van der Waals surface area contributed by atoms with Crippen LogP contribution in [-0.2, 0) is 4.79 Å². The minimum Gasteiger partial charge on any atom is -0.493 e. The molecular formula is C22H22ClNO5S2. The van der Waals surface area contributed by atoms with Crippen LogP contribution in [0.2, 0.25) is 5.02 Å². The second kappa shape index (κ2) is 10.7. The van der Waals surface area contributed by atoms with E-state index in [2.05, 4.69) is 0 Å². The lowest BCUT2D eigenvalue weighted by Crippen LogP contribution is -2.22. The van der Waals surface area contributed by atoms with E-state index >= 15 is 0 Å². The molecule has 3 rings (SSSR count). The average Bonchev–Trinajstić information content (AvgIpc) is 2.99. The van der Waals surface area contributed by atoms with Crippen molar-refractivity contribution in [1.82, 2.24) is 4.90 Å². The van der Waals surface area contributed by atoms with Crippen LogP contribution in [0.15, 0.2) is 41.3 Å². The second-order valence-electron chi connectivity index (χ2n) is 6.35. The quantitative estimate of drug-likeness (QED) is 0.284. The Labute approximate surface area is 196 Å². The Kier molecular flexibility index (Phi) is 8.06. The molecule has 0 aliphatic carbocycles. The van der Waals surface area contributed by atoms with Crippen molar-refractivity contribution < 1.29 is 23.7 Å². The van der Waals surface area contributed by atoms with E-state index in [1.807, 2.05) is 31.2 Å². The van der Waals surface area contributed by atoms with Crippen molar-refractivity contribution in [1.29, 1.82) is 0 Å². The Morgan fingerprint density at radius 2 is 1.81 bits per heavy atom. The number of thioether (sulfide) groups is 1. The fourth-order valence-corrected chi connectivity index (χ4v) is 4.26. The predicted molar refractivity (Wildman–Crippen MR) is 128 cm³/mol. The maximum Gasteiger partial charge on any atom is 0.265 e. The molecule has 31 heavy (non-hydrogen) atoms. The van der Waals surface area contributed by atoms with E-state index in [9.17, 15) is 4.79 Å². The highest BCUT2D eigenvalue weighted by Gasteiger charge is 2.28. The first-order valence-electron chi connectivity index (χ1n) is 9.51. The van der Waals surface area contributed by atoms with Gasteiger partial charge in [0.1, 0.15) is 17.5 Å². The molecule has 1 aliphatic rings. The van der Waals surface area contributed by atoms with Crippen molar-refractivity contribution in [2.24, 2.45) is 0 Å². The van der Waals surface area contributed by atoms with Crippen molar-refractivity contribution in [3.8, 4) is 23.0 Å². The summed E-state index contributed by atoms with van der Waals surface area (Å²) >= 11 is 12.9. The summed E-state index contributed by atoms with van der Waals surface area (Å²) in [7, 11) is 3.24. The smallest absolute Gasteiger partial charge is 0.265 e. The number of hydrogen-bond acceptors (Lipinski definition) is 7.